The van der Waals surface area contributed by atoms with Gasteiger partial charge in [-0.25, -0.2) is 0 Å². The lowest BCUT2D eigenvalue weighted by Gasteiger charge is -2.38. The summed E-state index contributed by atoms with van der Waals surface area (Å²) < 4.78 is 30.8. The van der Waals surface area contributed by atoms with Crippen LogP contribution in [-0.4, -0.2) is 64.5 Å². The van der Waals surface area contributed by atoms with Crippen LogP contribution < -0.4 is 0 Å². The molecule has 0 aromatic carbocycles. The number of carbonyl (C=O) groups is 2. The third kappa shape index (κ3) is 3.54. The van der Waals surface area contributed by atoms with Crippen LogP contribution in [0.4, 0.5) is 0 Å². The van der Waals surface area contributed by atoms with Gasteiger partial charge in [0.1, 0.15) is 5.60 Å². The molecule has 30 heavy (non-hydrogen) atoms. The molecule has 1 spiro atoms. The molecule has 6 unspecified atom stereocenters. The van der Waals surface area contributed by atoms with Crippen LogP contribution in [0.25, 0.3) is 0 Å². The first kappa shape index (κ1) is 22.6. The van der Waals surface area contributed by atoms with Crippen LogP contribution >= 0.6 is 11.6 Å². The molecule has 3 fully saturated rings. The Morgan fingerprint density at radius 3 is 2.43 bits per heavy atom. The number of Topliss-reactive ketones (excluding diaryl/α,β-unsaturated/α-hetero) is 2. The van der Waals surface area contributed by atoms with Gasteiger partial charge in [-0.1, -0.05) is 26.2 Å². The van der Waals surface area contributed by atoms with E-state index in [4.69, 9.17) is 25.8 Å². The van der Waals surface area contributed by atoms with Crippen LogP contribution in [0.3, 0.4) is 0 Å². The first-order valence-electron chi connectivity index (χ1n) is 10.9. The normalized spacial score (nSPS) is 43.5. The Morgan fingerprint density at radius 2 is 1.80 bits per heavy atom. The number of methoxy groups -OCH3 is 2. The summed E-state index contributed by atoms with van der Waals surface area (Å²) in [6, 6.07) is 0. The number of allylic oxidation sites excluding steroid dienone is 1. The number of ether oxygens (including phenoxy) is 3. The van der Waals surface area contributed by atoms with E-state index in [0.29, 0.717) is 6.42 Å². The zero-order chi connectivity index (χ0) is 21.6. The van der Waals surface area contributed by atoms with Gasteiger partial charge in [0.15, 0.2) is 11.6 Å². The van der Waals surface area contributed by atoms with E-state index < -0.39 is 33.8 Å². The Bertz CT molecular complexity index is 763. The van der Waals surface area contributed by atoms with Crippen molar-refractivity contribution >= 4 is 34.0 Å². The van der Waals surface area contributed by atoms with E-state index in [1.807, 2.05) is 6.92 Å². The van der Waals surface area contributed by atoms with Crippen molar-refractivity contribution in [3.8, 4) is 0 Å². The van der Waals surface area contributed by atoms with E-state index in [1.54, 1.807) is 20.3 Å². The van der Waals surface area contributed by atoms with Gasteiger partial charge >= 0.3 is 0 Å². The van der Waals surface area contributed by atoms with Gasteiger partial charge in [-0.05, 0) is 18.9 Å². The van der Waals surface area contributed by atoms with Crippen LogP contribution in [0.2, 0.25) is 0 Å². The van der Waals surface area contributed by atoms with E-state index in [2.05, 4.69) is 0 Å². The molecule has 8 atom stereocenters. The molecule has 1 saturated heterocycles. The maximum absolute atomic E-state index is 13.7. The van der Waals surface area contributed by atoms with Gasteiger partial charge < -0.3 is 14.2 Å². The van der Waals surface area contributed by atoms with Crippen LogP contribution in [-0.2, 0) is 34.6 Å². The summed E-state index contributed by atoms with van der Waals surface area (Å²) in [6.07, 6.45) is 5.92. The van der Waals surface area contributed by atoms with Gasteiger partial charge in [-0.2, -0.15) is 0 Å². The second kappa shape index (κ2) is 8.74. The van der Waals surface area contributed by atoms with E-state index in [-0.39, 0.29) is 46.3 Å². The van der Waals surface area contributed by atoms with Gasteiger partial charge in [-0.3, -0.25) is 13.8 Å². The topological polar surface area (TPSA) is 78.9 Å². The van der Waals surface area contributed by atoms with Crippen molar-refractivity contribution in [2.24, 2.45) is 11.8 Å². The highest BCUT2D eigenvalue weighted by Gasteiger charge is 2.64. The number of hydrogen-bond donors (Lipinski definition) is 0. The second-order valence-corrected chi connectivity index (χ2v) is 11.3. The van der Waals surface area contributed by atoms with Gasteiger partial charge in [0.25, 0.3) is 0 Å². The fourth-order valence-electron chi connectivity index (χ4n) is 5.64. The largest absolute Gasteiger partial charge is 0.380 e. The van der Waals surface area contributed by atoms with Gasteiger partial charge in [-0.15, -0.1) is 11.6 Å². The van der Waals surface area contributed by atoms with Crippen molar-refractivity contribution in [3.63, 3.8) is 0 Å². The standard InChI is InChI=1S/C22H31ClO6S/c1-12-9-14(24)17(30(26)13-7-5-4-6-8-13)11-22(12)21(25)18-15(27-2)10-16(28-3)19(23)20(18)29-22/h11-13,15-16,18-20H,4-10H2,1-3H3/t12-,15?,16?,18?,19?,20?,22-,30?/m1/s1. The van der Waals surface area contributed by atoms with Gasteiger partial charge in [0, 0.05) is 38.2 Å². The molecule has 2 saturated carbocycles. The summed E-state index contributed by atoms with van der Waals surface area (Å²) in [7, 11) is 1.74. The molecule has 8 heteroatoms. The number of ketones is 2. The highest BCUT2D eigenvalue weighted by Crippen LogP contribution is 2.50. The van der Waals surface area contributed by atoms with E-state index in [0.717, 1.165) is 32.1 Å². The Labute approximate surface area is 185 Å². The fourth-order valence-corrected chi connectivity index (χ4v) is 7.77. The Hall–Kier alpha value is -0.600. The van der Waals surface area contributed by atoms with E-state index in [9.17, 15) is 13.8 Å². The summed E-state index contributed by atoms with van der Waals surface area (Å²) in [5, 5.41) is -0.524. The van der Waals surface area contributed by atoms with Crippen molar-refractivity contribution in [2.75, 3.05) is 14.2 Å². The average molecular weight is 459 g/mol. The Morgan fingerprint density at radius 1 is 1.13 bits per heavy atom. The smallest absolute Gasteiger partial charge is 0.177 e. The molecule has 0 bridgehead atoms. The SMILES string of the molecule is COC1CC(OC)C2C(=O)[C@]3(C=C(S(=O)C4CCCCC4)C(=O)C[C@H]3C)OC2C1Cl. The predicted molar refractivity (Wildman–Crippen MR) is 114 cm³/mol. The van der Waals surface area contributed by atoms with Gasteiger partial charge in [0.2, 0.25) is 0 Å². The molecule has 0 N–H and O–H groups in total. The highest BCUT2D eigenvalue weighted by molar-refractivity contribution is 7.90. The monoisotopic (exact) mass is 458 g/mol. The Kier molecular flexibility index (Phi) is 6.58. The number of carbonyl (C=O) groups excluding carboxylic acids is 2. The number of rotatable bonds is 4. The van der Waals surface area contributed by atoms with E-state index in [1.165, 1.54) is 0 Å². The van der Waals surface area contributed by atoms with Crippen LogP contribution in [0.15, 0.2) is 11.0 Å². The molecule has 168 valence electrons. The fraction of sp³-hybridized carbons (Fsp3) is 0.818. The maximum Gasteiger partial charge on any atom is 0.177 e. The summed E-state index contributed by atoms with van der Waals surface area (Å²) in [6.45, 7) is 1.85. The molecule has 0 aromatic heterocycles. The lowest BCUT2D eigenvalue weighted by Crippen LogP contribution is -2.51. The Balaban J connectivity index is 1.71. The number of alkyl halides is 1. The summed E-state index contributed by atoms with van der Waals surface area (Å²) in [5.41, 5.74) is -1.28. The number of hydrogen-bond acceptors (Lipinski definition) is 6. The molecular weight excluding hydrogens is 428 g/mol. The summed E-state index contributed by atoms with van der Waals surface area (Å²) in [5.74, 6) is -1.13. The molecule has 1 aliphatic heterocycles. The zero-order valence-corrected chi connectivity index (χ0v) is 19.4. The molecule has 4 aliphatic rings. The number of fused-ring (bicyclic) bond motifs is 1. The molecule has 0 amide bonds. The third-order valence-electron chi connectivity index (χ3n) is 7.43. The minimum atomic E-state index is -1.42. The van der Waals surface area contributed by atoms with Crippen LogP contribution in [0.1, 0.15) is 51.9 Å². The predicted octanol–water partition coefficient (Wildman–Crippen LogP) is 2.92. The van der Waals surface area contributed by atoms with Crippen LogP contribution in [0, 0.1) is 11.8 Å². The van der Waals surface area contributed by atoms with Gasteiger partial charge in [0.05, 0.1) is 45.3 Å². The summed E-state index contributed by atoms with van der Waals surface area (Å²) in [4.78, 5) is 26.8. The third-order valence-corrected chi connectivity index (χ3v) is 9.81. The number of halogens is 1. The molecule has 6 nitrogen and oxygen atoms in total. The molecule has 0 radical (unpaired) electrons. The minimum absolute atomic E-state index is 0.0245. The van der Waals surface area contributed by atoms with Crippen molar-refractivity contribution in [1.29, 1.82) is 0 Å². The summed E-state index contributed by atoms with van der Waals surface area (Å²) >= 11 is 6.67. The lowest BCUT2D eigenvalue weighted by atomic mass is 9.72. The lowest BCUT2D eigenvalue weighted by molar-refractivity contribution is -0.137. The first-order chi connectivity index (χ1) is 14.3. The second-order valence-electron chi connectivity index (χ2n) is 9.09. The molecule has 0 aromatic rings. The minimum Gasteiger partial charge on any atom is -0.380 e. The zero-order valence-electron chi connectivity index (χ0n) is 17.8. The quantitative estimate of drug-likeness (QED) is 0.603. The van der Waals surface area contributed by atoms with Crippen molar-refractivity contribution in [3.05, 3.63) is 11.0 Å². The van der Waals surface area contributed by atoms with E-state index >= 15 is 0 Å². The molecular formula is C22H31ClO6S. The first-order valence-corrected chi connectivity index (χ1v) is 12.6. The maximum atomic E-state index is 13.7. The molecule has 3 aliphatic carbocycles. The highest BCUT2D eigenvalue weighted by atomic mass is 35.5. The molecule has 4 rings (SSSR count). The van der Waals surface area contributed by atoms with Crippen molar-refractivity contribution in [1.82, 2.24) is 0 Å². The van der Waals surface area contributed by atoms with Crippen molar-refractivity contribution < 1.29 is 28.0 Å². The van der Waals surface area contributed by atoms with Crippen molar-refractivity contribution in [2.45, 2.75) is 86.4 Å². The van der Waals surface area contributed by atoms with Crippen LogP contribution in [0.5, 0.6) is 0 Å². The average Bonchev–Trinajstić information content (AvgIpc) is 3.05. The molecule has 1 heterocycles.